The van der Waals surface area contributed by atoms with E-state index in [1.807, 2.05) is 0 Å². The van der Waals surface area contributed by atoms with Crippen LogP contribution in [0.3, 0.4) is 0 Å². The Morgan fingerprint density at radius 2 is 1.70 bits per heavy atom. The van der Waals surface area contributed by atoms with Crippen molar-refractivity contribution in [2.24, 2.45) is 0 Å². The Balaban J connectivity index is 2.80. The first-order valence-electron chi connectivity index (χ1n) is 7.84. The summed E-state index contributed by atoms with van der Waals surface area (Å²) in [6.45, 7) is 16.2. The molecule has 0 unspecified atom stereocenters. The van der Waals surface area contributed by atoms with Crippen molar-refractivity contribution in [1.82, 2.24) is 10.3 Å². The summed E-state index contributed by atoms with van der Waals surface area (Å²) >= 11 is 0. The Morgan fingerprint density at radius 1 is 1.10 bits per heavy atom. The predicted molar refractivity (Wildman–Crippen MR) is 88.4 cm³/mol. The second kappa shape index (κ2) is 7.63. The van der Waals surface area contributed by atoms with Crippen LogP contribution in [-0.2, 0) is 6.54 Å². The minimum Gasteiger partial charge on any atom is -0.357 e. The summed E-state index contributed by atoms with van der Waals surface area (Å²) in [5, 5.41) is 3.52. The van der Waals surface area contributed by atoms with Gasteiger partial charge in [-0.2, -0.15) is 0 Å². The van der Waals surface area contributed by atoms with Gasteiger partial charge in [-0.15, -0.1) is 0 Å². The molecule has 0 aliphatic heterocycles. The first-order valence-corrected chi connectivity index (χ1v) is 7.84. The van der Waals surface area contributed by atoms with E-state index in [0.29, 0.717) is 0 Å². The van der Waals surface area contributed by atoms with E-state index >= 15 is 0 Å². The third kappa shape index (κ3) is 5.49. The highest BCUT2D eigenvalue weighted by molar-refractivity contribution is 5.41. The number of nitrogens with zero attached hydrogens (tertiary/aromatic N) is 2. The molecule has 1 N–H and O–H groups in total. The summed E-state index contributed by atoms with van der Waals surface area (Å²) in [6.07, 6.45) is 2.32. The lowest BCUT2D eigenvalue weighted by Gasteiger charge is -2.24. The fourth-order valence-electron chi connectivity index (χ4n) is 2.18. The average Bonchev–Trinajstić information content (AvgIpc) is 2.36. The number of hydrogen-bond acceptors (Lipinski definition) is 3. The SMILES string of the molecule is CCCN(CCC)c1ccc(CNC(C)(C)C)c(C)n1. The van der Waals surface area contributed by atoms with Crippen LogP contribution in [0.1, 0.15) is 58.7 Å². The number of aromatic nitrogens is 1. The van der Waals surface area contributed by atoms with E-state index in [-0.39, 0.29) is 5.54 Å². The summed E-state index contributed by atoms with van der Waals surface area (Å²) in [7, 11) is 0. The van der Waals surface area contributed by atoms with Gasteiger partial charge in [-0.1, -0.05) is 19.9 Å². The Bertz CT molecular complexity index is 401. The summed E-state index contributed by atoms with van der Waals surface area (Å²) in [6, 6.07) is 4.38. The molecule has 0 aliphatic rings. The molecule has 0 aromatic carbocycles. The van der Waals surface area contributed by atoms with Crippen molar-refractivity contribution in [2.45, 2.75) is 66.5 Å². The fraction of sp³-hybridized carbons (Fsp3) is 0.706. The molecule has 3 nitrogen and oxygen atoms in total. The van der Waals surface area contributed by atoms with Crippen LogP contribution in [0.25, 0.3) is 0 Å². The first-order chi connectivity index (χ1) is 9.37. The van der Waals surface area contributed by atoms with Crippen LogP contribution in [-0.4, -0.2) is 23.6 Å². The number of hydrogen-bond donors (Lipinski definition) is 1. The topological polar surface area (TPSA) is 28.2 Å². The van der Waals surface area contributed by atoms with Gasteiger partial charge in [0.05, 0.1) is 0 Å². The standard InChI is InChI=1S/C17H31N3/c1-7-11-20(12-8-2)16-10-9-15(14(3)19-16)13-18-17(4,5)6/h9-10,18H,7-8,11-13H2,1-6H3. The molecule has 0 atom stereocenters. The Morgan fingerprint density at radius 3 is 2.15 bits per heavy atom. The van der Waals surface area contributed by atoms with Gasteiger partial charge in [-0.3, -0.25) is 0 Å². The lowest BCUT2D eigenvalue weighted by atomic mass is 10.1. The van der Waals surface area contributed by atoms with Crippen molar-refractivity contribution in [1.29, 1.82) is 0 Å². The van der Waals surface area contributed by atoms with E-state index in [1.54, 1.807) is 0 Å². The van der Waals surface area contributed by atoms with Crippen LogP contribution < -0.4 is 10.2 Å². The van der Waals surface area contributed by atoms with Crippen LogP contribution in [0.2, 0.25) is 0 Å². The highest BCUT2D eigenvalue weighted by Gasteiger charge is 2.11. The molecule has 1 aromatic rings. The normalized spacial score (nSPS) is 11.7. The van der Waals surface area contributed by atoms with E-state index in [4.69, 9.17) is 4.98 Å². The number of pyridine rings is 1. The van der Waals surface area contributed by atoms with Gasteiger partial charge in [0, 0.05) is 30.9 Å². The average molecular weight is 277 g/mol. The molecule has 0 fully saturated rings. The van der Waals surface area contributed by atoms with Gasteiger partial charge in [-0.25, -0.2) is 4.98 Å². The molecule has 0 amide bonds. The molecule has 20 heavy (non-hydrogen) atoms. The molecule has 0 radical (unpaired) electrons. The second-order valence-corrected chi connectivity index (χ2v) is 6.50. The van der Waals surface area contributed by atoms with E-state index in [9.17, 15) is 0 Å². The van der Waals surface area contributed by atoms with E-state index in [1.165, 1.54) is 5.56 Å². The van der Waals surface area contributed by atoms with Crippen molar-refractivity contribution in [3.05, 3.63) is 23.4 Å². The van der Waals surface area contributed by atoms with Crippen molar-refractivity contribution in [3.63, 3.8) is 0 Å². The highest BCUT2D eigenvalue weighted by Crippen LogP contribution is 2.16. The maximum Gasteiger partial charge on any atom is 0.128 e. The minimum absolute atomic E-state index is 0.140. The molecule has 3 heteroatoms. The van der Waals surface area contributed by atoms with Crippen LogP contribution >= 0.6 is 0 Å². The Hall–Kier alpha value is -1.09. The lowest BCUT2D eigenvalue weighted by Crippen LogP contribution is -2.35. The van der Waals surface area contributed by atoms with Crippen molar-refractivity contribution in [3.8, 4) is 0 Å². The van der Waals surface area contributed by atoms with Crippen LogP contribution in [0.4, 0.5) is 5.82 Å². The summed E-state index contributed by atoms with van der Waals surface area (Å²) in [4.78, 5) is 7.18. The van der Waals surface area contributed by atoms with Crippen molar-refractivity contribution in [2.75, 3.05) is 18.0 Å². The summed E-state index contributed by atoms with van der Waals surface area (Å²) in [5.74, 6) is 1.12. The molecular formula is C17H31N3. The summed E-state index contributed by atoms with van der Waals surface area (Å²) in [5.41, 5.74) is 2.56. The quantitative estimate of drug-likeness (QED) is 0.819. The van der Waals surface area contributed by atoms with Gasteiger partial charge in [-0.05, 0) is 52.2 Å². The maximum absolute atomic E-state index is 4.80. The molecule has 1 aromatic heterocycles. The first kappa shape index (κ1) is 17.0. The molecule has 0 saturated carbocycles. The van der Waals surface area contributed by atoms with Gasteiger partial charge in [0.15, 0.2) is 0 Å². The molecule has 0 saturated heterocycles. The van der Waals surface area contributed by atoms with Gasteiger partial charge in [0.1, 0.15) is 5.82 Å². The smallest absolute Gasteiger partial charge is 0.128 e. The largest absolute Gasteiger partial charge is 0.357 e. The third-order valence-corrected chi connectivity index (χ3v) is 3.30. The second-order valence-electron chi connectivity index (χ2n) is 6.50. The fourth-order valence-corrected chi connectivity index (χ4v) is 2.18. The lowest BCUT2D eigenvalue weighted by molar-refractivity contribution is 0.423. The zero-order chi connectivity index (χ0) is 15.2. The Labute approximate surface area is 124 Å². The van der Waals surface area contributed by atoms with E-state index in [2.05, 4.69) is 63.9 Å². The minimum atomic E-state index is 0.140. The van der Waals surface area contributed by atoms with Gasteiger partial charge in [0.25, 0.3) is 0 Å². The third-order valence-electron chi connectivity index (χ3n) is 3.30. The van der Waals surface area contributed by atoms with Crippen LogP contribution in [0, 0.1) is 6.92 Å². The number of rotatable bonds is 7. The summed E-state index contributed by atoms with van der Waals surface area (Å²) < 4.78 is 0. The van der Waals surface area contributed by atoms with E-state index in [0.717, 1.165) is 44.0 Å². The zero-order valence-electron chi connectivity index (χ0n) is 14.1. The van der Waals surface area contributed by atoms with Gasteiger partial charge < -0.3 is 10.2 Å². The number of nitrogens with one attached hydrogen (secondary N) is 1. The Kier molecular flexibility index (Phi) is 6.47. The maximum atomic E-state index is 4.80. The molecule has 1 heterocycles. The molecule has 1 rings (SSSR count). The van der Waals surface area contributed by atoms with E-state index < -0.39 is 0 Å². The number of anilines is 1. The molecular weight excluding hydrogens is 246 g/mol. The zero-order valence-corrected chi connectivity index (χ0v) is 14.1. The van der Waals surface area contributed by atoms with Crippen molar-refractivity contribution < 1.29 is 0 Å². The highest BCUT2D eigenvalue weighted by atomic mass is 15.2. The molecule has 114 valence electrons. The predicted octanol–water partition coefficient (Wildman–Crippen LogP) is 3.90. The monoisotopic (exact) mass is 277 g/mol. The molecule has 0 spiro atoms. The molecule has 0 bridgehead atoms. The van der Waals surface area contributed by atoms with Gasteiger partial charge in [0.2, 0.25) is 0 Å². The van der Waals surface area contributed by atoms with Gasteiger partial charge >= 0.3 is 0 Å². The number of aryl methyl sites for hydroxylation is 1. The molecule has 0 aliphatic carbocycles. The van der Waals surface area contributed by atoms with Crippen LogP contribution in [0.15, 0.2) is 12.1 Å². The van der Waals surface area contributed by atoms with Crippen molar-refractivity contribution >= 4 is 5.82 Å². The van der Waals surface area contributed by atoms with Crippen LogP contribution in [0.5, 0.6) is 0 Å².